The van der Waals surface area contributed by atoms with Crippen LogP contribution in [0.25, 0.3) is 16.3 Å². The summed E-state index contributed by atoms with van der Waals surface area (Å²) in [7, 11) is -0.336. The maximum absolute atomic E-state index is 6.31. The second-order valence-electron chi connectivity index (χ2n) is 10.5. The molecule has 3 aliphatic heterocycles. The Morgan fingerprint density at radius 2 is 1.56 bits per heavy atom. The first-order chi connectivity index (χ1) is 16.3. The van der Waals surface area contributed by atoms with Crippen molar-refractivity contribution in [2.24, 2.45) is 0 Å². The molecule has 3 aromatic carbocycles. The van der Waals surface area contributed by atoms with E-state index in [4.69, 9.17) is 9.31 Å². The molecule has 3 nitrogen and oxygen atoms in total. The summed E-state index contributed by atoms with van der Waals surface area (Å²) in [6.45, 7) is 12.4. The average Bonchev–Trinajstić information content (AvgIpc) is 3.42. The predicted octanol–water partition coefficient (Wildman–Crippen LogP) is 6.74. The van der Waals surface area contributed by atoms with Gasteiger partial charge < -0.3 is 14.2 Å². The first-order valence-corrected chi connectivity index (χ1v) is 12.5. The number of hydrogen-bond acceptors (Lipinski definition) is 3. The van der Waals surface area contributed by atoms with Crippen molar-refractivity contribution in [2.75, 3.05) is 4.90 Å². The fraction of sp³-hybridized carbons (Fsp3) is 0.333. The Morgan fingerprint density at radius 1 is 0.824 bits per heavy atom. The average molecular weight is 449 g/mol. The molecule has 0 aromatic heterocycles. The van der Waals surface area contributed by atoms with Crippen molar-refractivity contribution >= 4 is 40.3 Å². The molecule has 7 rings (SSSR count). The number of para-hydroxylation sites is 1. The number of hydrogen-bond donors (Lipinski definition) is 0. The molecule has 0 N–H and O–H groups in total. The molecule has 0 bridgehead atoms. The van der Waals surface area contributed by atoms with Crippen molar-refractivity contribution in [1.82, 2.24) is 0 Å². The SMILES string of the molecule is CC.CC1(C)OB(c2ccc3cc4c(cc3c2)C2C=CC=C3c5ccccc5N4C32)OC1(C)C. The zero-order valence-electron chi connectivity index (χ0n) is 20.9. The number of anilines is 2. The van der Waals surface area contributed by atoms with Crippen LogP contribution in [-0.4, -0.2) is 24.4 Å². The molecule has 172 valence electrons. The van der Waals surface area contributed by atoms with Gasteiger partial charge in [0.2, 0.25) is 0 Å². The molecule has 2 unspecified atom stereocenters. The molecule has 0 spiro atoms. The van der Waals surface area contributed by atoms with Gasteiger partial charge in [0.15, 0.2) is 0 Å². The van der Waals surface area contributed by atoms with Crippen molar-refractivity contribution < 1.29 is 9.31 Å². The molecular weight excluding hydrogens is 417 g/mol. The molecule has 4 heteroatoms. The van der Waals surface area contributed by atoms with E-state index in [1.165, 1.54) is 38.8 Å². The van der Waals surface area contributed by atoms with Crippen molar-refractivity contribution in [3.63, 3.8) is 0 Å². The summed E-state index contributed by atoms with van der Waals surface area (Å²) in [5, 5.41) is 2.50. The van der Waals surface area contributed by atoms with E-state index in [2.05, 4.69) is 105 Å². The molecule has 34 heavy (non-hydrogen) atoms. The maximum Gasteiger partial charge on any atom is 0.494 e. The van der Waals surface area contributed by atoms with Gasteiger partial charge in [-0.2, -0.15) is 0 Å². The Balaban J connectivity index is 0.00000106. The number of nitrogens with zero attached hydrogens (tertiary/aromatic N) is 1. The fourth-order valence-corrected chi connectivity index (χ4v) is 5.78. The van der Waals surface area contributed by atoms with E-state index in [0.29, 0.717) is 12.0 Å². The highest BCUT2D eigenvalue weighted by Crippen LogP contribution is 2.58. The summed E-state index contributed by atoms with van der Waals surface area (Å²) in [5.41, 5.74) is 7.28. The van der Waals surface area contributed by atoms with Crippen molar-refractivity contribution in [2.45, 2.75) is 64.7 Å². The second-order valence-corrected chi connectivity index (χ2v) is 10.5. The first kappa shape index (κ1) is 21.7. The van der Waals surface area contributed by atoms with Gasteiger partial charge in [-0.3, -0.25) is 0 Å². The molecule has 0 radical (unpaired) electrons. The van der Waals surface area contributed by atoms with E-state index in [-0.39, 0.29) is 18.3 Å². The largest absolute Gasteiger partial charge is 0.494 e. The lowest BCUT2D eigenvalue weighted by molar-refractivity contribution is 0.00578. The lowest BCUT2D eigenvalue weighted by Gasteiger charge is -2.32. The summed E-state index contributed by atoms with van der Waals surface area (Å²) in [4.78, 5) is 2.55. The third kappa shape index (κ3) is 2.85. The zero-order chi connectivity index (χ0) is 23.8. The van der Waals surface area contributed by atoms with Crippen LogP contribution in [0.5, 0.6) is 0 Å². The highest BCUT2D eigenvalue weighted by Gasteiger charge is 2.52. The van der Waals surface area contributed by atoms with Crippen LogP contribution >= 0.6 is 0 Å². The summed E-state index contributed by atoms with van der Waals surface area (Å²) < 4.78 is 12.6. The van der Waals surface area contributed by atoms with Gasteiger partial charge in [0, 0.05) is 22.9 Å². The van der Waals surface area contributed by atoms with Crippen molar-refractivity contribution in [3.05, 3.63) is 84.0 Å². The number of allylic oxidation sites excluding steroid dienone is 2. The van der Waals surface area contributed by atoms with Gasteiger partial charge in [0.1, 0.15) is 0 Å². The predicted molar refractivity (Wildman–Crippen MR) is 143 cm³/mol. The van der Waals surface area contributed by atoms with E-state index in [9.17, 15) is 0 Å². The van der Waals surface area contributed by atoms with Crippen molar-refractivity contribution in [1.29, 1.82) is 0 Å². The Morgan fingerprint density at radius 3 is 2.32 bits per heavy atom. The third-order valence-electron chi connectivity index (χ3n) is 8.16. The van der Waals surface area contributed by atoms with Crippen molar-refractivity contribution in [3.8, 4) is 0 Å². The summed E-state index contributed by atoms with van der Waals surface area (Å²) in [6.07, 6.45) is 6.89. The fourth-order valence-electron chi connectivity index (χ4n) is 5.78. The highest BCUT2D eigenvalue weighted by atomic mass is 16.7. The molecule has 0 saturated carbocycles. The Labute approximate surface area is 203 Å². The second kappa shape index (κ2) is 7.34. The molecule has 3 aromatic rings. The maximum atomic E-state index is 6.31. The molecule has 3 heterocycles. The minimum absolute atomic E-state index is 0.335. The Hall–Kier alpha value is -2.82. The summed E-state index contributed by atoms with van der Waals surface area (Å²) in [5.74, 6) is 0.377. The standard InChI is InChI=1S/C28H26BNO2.C2H6/c1-27(2)28(3,4)32-29(31-27)19-13-12-17-16-25-23(15-18(17)14-19)22-10-7-9-21-20-8-5-6-11-24(20)30(25)26(21)22;1-2/h5-16,22,26H,1-4H3;1-2H3. The van der Waals surface area contributed by atoms with E-state index in [0.717, 1.165) is 5.46 Å². The molecule has 2 atom stereocenters. The van der Waals surface area contributed by atoms with Crippen LogP contribution in [0.2, 0.25) is 0 Å². The van der Waals surface area contributed by atoms with Crippen LogP contribution < -0.4 is 10.4 Å². The monoisotopic (exact) mass is 449 g/mol. The Bertz CT molecular complexity index is 1350. The highest BCUT2D eigenvalue weighted by molar-refractivity contribution is 6.62. The molecule has 1 saturated heterocycles. The third-order valence-corrected chi connectivity index (χ3v) is 8.16. The van der Waals surface area contributed by atoms with Gasteiger partial charge in [-0.15, -0.1) is 0 Å². The van der Waals surface area contributed by atoms with Gasteiger partial charge in [-0.05, 0) is 73.3 Å². The molecule has 1 fully saturated rings. The number of fused-ring (bicyclic) bond motifs is 7. The lowest BCUT2D eigenvalue weighted by atomic mass is 9.78. The summed E-state index contributed by atoms with van der Waals surface area (Å²) >= 11 is 0. The van der Waals surface area contributed by atoms with Crippen LogP contribution in [0.3, 0.4) is 0 Å². The van der Waals surface area contributed by atoms with Gasteiger partial charge >= 0.3 is 7.12 Å². The van der Waals surface area contributed by atoms with E-state index in [1.807, 2.05) is 13.8 Å². The van der Waals surface area contributed by atoms with E-state index >= 15 is 0 Å². The Kier molecular flexibility index (Phi) is 4.68. The topological polar surface area (TPSA) is 21.7 Å². The minimum Gasteiger partial charge on any atom is -0.399 e. The van der Waals surface area contributed by atoms with Crippen LogP contribution in [-0.2, 0) is 9.31 Å². The molecule has 4 aliphatic rings. The van der Waals surface area contributed by atoms with E-state index in [1.54, 1.807) is 0 Å². The van der Waals surface area contributed by atoms with Crippen LogP contribution in [0, 0.1) is 0 Å². The normalized spacial score (nSPS) is 24.4. The summed E-state index contributed by atoms with van der Waals surface area (Å²) in [6, 6.07) is 20.5. The van der Waals surface area contributed by atoms with Gasteiger partial charge in [0.25, 0.3) is 0 Å². The molecule has 0 amide bonds. The smallest absolute Gasteiger partial charge is 0.399 e. The lowest BCUT2D eigenvalue weighted by Crippen LogP contribution is -2.41. The quantitative estimate of drug-likeness (QED) is 0.384. The number of rotatable bonds is 1. The zero-order valence-corrected chi connectivity index (χ0v) is 20.9. The molecular formula is C30H32BNO2. The van der Waals surface area contributed by atoms with Gasteiger partial charge in [-0.1, -0.05) is 68.5 Å². The minimum atomic E-state index is -0.336. The molecule has 1 aliphatic carbocycles. The van der Waals surface area contributed by atoms with Crippen LogP contribution in [0.4, 0.5) is 11.4 Å². The van der Waals surface area contributed by atoms with Gasteiger partial charge in [-0.25, -0.2) is 0 Å². The van der Waals surface area contributed by atoms with Gasteiger partial charge in [0.05, 0.1) is 17.2 Å². The number of benzene rings is 3. The van der Waals surface area contributed by atoms with Crippen LogP contribution in [0.15, 0.2) is 72.8 Å². The van der Waals surface area contributed by atoms with E-state index < -0.39 is 0 Å². The van der Waals surface area contributed by atoms with Crippen LogP contribution in [0.1, 0.15) is 58.6 Å². The first-order valence-electron chi connectivity index (χ1n) is 12.5.